The van der Waals surface area contributed by atoms with E-state index in [1.807, 2.05) is 13.0 Å². The van der Waals surface area contributed by atoms with E-state index in [1.165, 1.54) is 19.0 Å². The van der Waals surface area contributed by atoms with Gasteiger partial charge in [-0.25, -0.2) is 54.8 Å². The predicted molar refractivity (Wildman–Crippen MR) is 486 cm³/mol. The molecule has 4 fully saturated rings. The highest BCUT2D eigenvalue weighted by Crippen LogP contribution is 2.45. The molecule has 4 saturated heterocycles. The summed E-state index contributed by atoms with van der Waals surface area (Å²) in [5.74, 6) is 1.96. The van der Waals surface area contributed by atoms with Crippen LogP contribution in [0.3, 0.4) is 0 Å². The van der Waals surface area contributed by atoms with E-state index in [2.05, 4.69) is 168 Å². The van der Waals surface area contributed by atoms with Gasteiger partial charge >= 0.3 is 0 Å². The van der Waals surface area contributed by atoms with Crippen LogP contribution in [0.25, 0.3) is 44.7 Å². The highest BCUT2D eigenvalue weighted by atomic mass is 31.2. The Hall–Kier alpha value is -6.05. The summed E-state index contributed by atoms with van der Waals surface area (Å²) < 4.78 is 58.2. The van der Waals surface area contributed by atoms with E-state index in [0.717, 1.165) is 75.5 Å². The average Bonchev–Trinajstić information content (AvgIpc) is 1.64. The molecule has 121 heavy (non-hydrogen) atoms. The van der Waals surface area contributed by atoms with Crippen molar-refractivity contribution in [2.75, 3.05) is 198 Å². The Labute approximate surface area is 710 Å². The van der Waals surface area contributed by atoms with E-state index in [-0.39, 0.29) is 0 Å². The maximum Gasteiger partial charge on any atom is 0.167 e. The van der Waals surface area contributed by atoms with Gasteiger partial charge in [-0.05, 0) is 149 Å². The Morgan fingerprint density at radius 1 is 0.364 bits per heavy atom. The van der Waals surface area contributed by atoms with Crippen molar-refractivity contribution in [3.05, 3.63) is 56.6 Å². The molecule has 0 amide bonds. The van der Waals surface area contributed by atoms with Crippen molar-refractivity contribution in [2.45, 2.75) is 177 Å². The molecule has 4 aliphatic heterocycles. The molecule has 0 saturated carbocycles. The van der Waals surface area contributed by atoms with Crippen LogP contribution in [-0.2, 0) is 42.6 Å². The lowest BCUT2D eigenvalue weighted by Crippen LogP contribution is -2.31. The van der Waals surface area contributed by atoms with Crippen LogP contribution in [0.5, 0.6) is 0 Å². The molecule has 16 atom stereocenters. The van der Waals surface area contributed by atoms with Gasteiger partial charge in [0.1, 0.15) is 73.3 Å². The normalized spacial score (nSPS) is 24.5. The summed E-state index contributed by atoms with van der Waals surface area (Å²) in [7, 11) is 0. The van der Waals surface area contributed by atoms with Crippen LogP contribution in [0, 0.1) is 0 Å². The number of fused-ring (bicyclic) bond motifs is 4. The first kappa shape index (κ1) is 98.7. The summed E-state index contributed by atoms with van der Waals surface area (Å²) in [4.78, 5) is 47.7. The summed E-state index contributed by atoms with van der Waals surface area (Å²) >= 11 is 0. The van der Waals surface area contributed by atoms with Crippen molar-refractivity contribution < 1.29 is 83.5 Å². The largest absolute Gasteiger partial charge is 0.388 e. The van der Waals surface area contributed by atoms with E-state index in [1.54, 1.807) is 49.8 Å². The molecule has 12 heterocycles. The van der Waals surface area contributed by atoms with Crippen LogP contribution < -0.4 is 27.0 Å². The SMILES string of the molecule is C=P(C)(C)CC[C@H]1OC(n2cnc3c(NCC)ncnc32)[C@H](O)[C@@H]1O.C=P(C)(C)CC[C@H]1OC(n2cnc3c(NCCC)ncnc32)[C@H](O)[C@@H]1O.C=P(C)(C)CC[C@H]1OC(n2cnc3c(NCCCC)ncnc32)[C@H](O)[C@@H]1O.C=P(C)(C)CC[C@H]1OC(n2cnc3c(NCCCOCCOCCOCCOCCOCCCN)ccnc32)[C@H](O)[C@@H]1O. The van der Waals surface area contributed by atoms with Gasteiger partial charge < -0.3 is 110 Å². The molecule has 37 nitrogen and oxygen atoms in total. The summed E-state index contributed by atoms with van der Waals surface area (Å²) in [5, 5.41) is 97.1. The van der Waals surface area contributed by atoms with E-state index < -0.39 is 126 Å². The summed E-state index contributed by atoms with van der Waals surface area (Å²) in [6, 6.07) is 1.87. The molecule has 0 aliphatic carbocycles. The molecule has 12 rings (SSSR count). The Bertz CT molecular complexity index is 4640. The zero-order chi connectivity index (χ0) is 87.6. The van der Waals surface area contributed by atoms with Crippen LogP contribution in [0.4, 0.5) is 23.1 Å². The molecule has 0 bridgehead atoms. The first-order valence-electron chi connectivity index (χ1n) is 41.9. The number of nitrogens with two attached hydrogens (primary N) is 1. The van der Waals surface area contributed by atoms with Crippen LogP contribution in [0.2, 0.25) is 0 Å². The summed E-state index contributed by atoms with van der Waals surface area (Å²) in [6.07, 6.45) is 27.6. The average molecular weight is 1770 g/mol. The number of aliphatic hydroxyl groups excluding tert-OH is 8. The fourth-order valence-electron chi connectivity index (χ4n) is 13.8. The molecule has 8 aromatic heterocycles. The lowest BCUT2D eigenvalue weighted by atomic mass is 10.1. The zero-order valence-corrected chi connectivity index (χ0v) is 76.0. The second-order valence-corrected chi connectivity index (χ2v) is 50.8. The number of rotatable bonds is 45. The number of nitrogens with zero attached hydrogens (tertiary/aromatic N) is 15. The molecular weight excluding hydrogens is 1640 g/mol. The maximum absolute atomic E-state index is 10.7. The number of hydrogen-bond donors (Lipinski definition) is 13. The lowest BCUT2D eigenvalue weighted by Gasteiger charge is -2.18. The zero-order valence-electron chi connectivity index (χ0n) is 72.4. The molecule has 0 spiro atoms. The molecular formula is C80H136N20O17P4. The third kappa shape index (κ3) is 28.7. The summed E-state index contributed by atoms with van der Waals surface area (Å²) in [6.45, 7) is 27.6. The molecule has 14 N–H and O–H groups in total. The topological polar surface area (TPSA) is 481 Å². The molecule has 8 aromatic rings. The van der Waals surface area contributed by atoms with Gasteiger partial charge in [0, 0.05) is 45.6 Å². The molecule has 0 aromatic carbocycles. The molecule has 41 heteroatoms. The highest BCUT2D eigenvalue weighted by Gasteiger charge is 2.48. The van der Waals surface area contributed by atoms with Gasteiger partial charge in [0.05, 0.1) is 108 Å². The number of nitrogens with one attached hydrogen (secondary N) is 4. The number of imidazole rings is 4. The van der Waals surface area contributed by atoms with Gasteiger partial charge in [-0.1, -0.05) is 20.3 Å². The Morgan fingerprint density at radius 2 is 0.669 bits per heavy atom. The van der Waals surface area contributed by atoms with Crippen LogP contribution >= 0.6 is 27.5 Å². The number of anilines is 4. The Balaban J connectivity index is 0.000000189. The van der Waals surface area contributed by atoms with Gasteiger partial charge in [-0.3, -0.25) is 18.3 Å². The monoisotopic (exact) mass is 1770 g/mol. The summed E-state index contributed by atoms with van der Waals surface area (Å²) in [5.41, 5.74) is 11.1. The molecule has 4 unspecified atom stereocenters. The van der Waals surface area contributed by atoms with Crippen molar-refractivity contribution in [2.24, 2.45) is 5.73 Å². The number of pyridine rings is 1. The fraction of sp³-hybridized carbons (Fsp3) is 0.688. The van der Waals surface area contributed by atoms with Crippen molar-refractivity contribution in [1.29, 1.82) is 0 Å². The van der Waals surface area contributed by atoms with Gasteiger partial charge in [-0.15, -0.1) is 52.7 Å². The second kappa shape index (κ2) is 47.5. The van der Waals surface area contributed by atoms with Crippen LogP contribution in [-0.4, -0.2) is 389 Å². The number of ether oxygens (including phenoxy) is 9. The standard InChI is InChI=1S/C29H52N5O8P.C18H30N5O3P.C17H28N5O3P.C16H26N5O3P/c1-43(2,3)21-7-24-26(35)27(36)29(42-24)34-22-33-25-23(6-10-32-28(25)34)31-9-5-12-38-14-16-40-18-20-41-19-17-39-15-13-37-11-4-8-30;1-5-6-8-19-16-13-17(21-10-20-16)23(11-22-13)18-15(25)14(24)12(26-18)7-9-27(2,3)4;1-5-7-18-15-12-16(20-9-19-15)22(10-21-12)17-14(24)13(23)11(25-17)6-8-26(2,3)4;1-5-17-14-11-15(19-8-18-14)21(9-20-11)16-13(23)12(22)10(24-16)6-7-25(2,3)4/h6,10,22,24,26-27,29,35-36H,1,4-5,7-9,11-21,30H2,2-3H3,(H,31,32);10-12,14-15,18,24-25H,2,5-9H2,1,3-4H3,(H,19,20,21);9-11,13-14,17,23-24H,2,5-8H2,1,3-4H3,(H,18,19,20);8-10,12-13,16,22-23H,2,5-7H2,1,3-4H3,(H,17,18,19)/t24-,26-,27-,29?;12-,14-,15-,18?;11-,13-,14-,17?;10-,12-,13-,16?/m1111/s1. The first-order chi connectivity index (χ1) is 57.8. The lowest BCUT2D eigenvalue weighted by molar-refractivity contribution is -0.0353. The number of unbranched alkanes of at least 4 members (excludes halogenated alkanes) is 1. The molecule has 4 aliphatic rings. The van der Waals surface area contributed by atoms with Crippen LogP contribution in [0.15, 0.2) is 56.6 Å². The van der Waals surface area contributed by atoms with E-state index in [0.29, 0.717) is 173 Å². The third-order valence-corrected chi connectivity index (χ3v) is 26.4. The predicted octanol–water partition coefficient (Wildman–Crippen LogP) is 5.48. The second-order valence-electron chi connectivity index (χ2n) is 33.5. The molecule has 0 radical (unpaired) electrons. The number of aliphatic hydroxyl groups is 8. The van der Waals surface area contributed by atoms with Crippen molar-refractivity contribution in [3.63, 3.8) is 0 Å². The van der Waals surface area contributed by atoms with Crippen LogP contribution in [0.1, 0.15) is 103 Å². The maximum atomic E-state index is 10.7. The quantitative estimate of drug-likeness (QED) is 0.0166. The van der Waals surface area contributed by atoms with Gasteiger partial charge in [0.2, 0.25) is 0 Å². The van der Waals surface area contributed by atoms with E-state index in [4.69, 9.17) is 48.4 Å². The Morgan fingerprint density at radius 3 is 0.992 bits per heavy atom. The number of aromatic nitrogens is 15. The van der Waals surface area contributed by atoms with Gasteiger partial charge in [0.25, 0.3) is 0 Å². The van der Waals surface area contributed by atoms with Gasteiger partial charge in [0.15, 0.2) is 81.5 Å². The minimum Gasteiger partial charge on any atom is -0.388 e. The van der Waals surface area contributed by atoms with Gasteiger partial charge in [-0.2, -0.15) is 0 Å². The first-order valence-corrected chi connectivity index (χ1v) is 54.1. The molecule has 678 valence electrons. The minimum atomic E-state index is -1.27. The smallest absolute Gasteiger partial charge is 0.167 e. The fourth-order valence-corrected chi connectivity index (χ4v) is 17.6. The number of hydrogen-bond acceptors (Lipinski definition) is 33. The van der Waals surface area contributed by atoms with Crippen molar-refractivity contribution in [1.82, 2.24) is 73.1 Å². The highest BCUT2D eigenvalue weighted by molar-refractivity contribution is 7.73. The third-order valence-electron chi connectivity index (χ3n) is 20.5. The van der Waals surface area contributed by atoms with Crippen molar-refractivity contribution in [3.8, 4) is 0 Å². The van der Waals surface area contributed by atoms with Crippen molar-refractivity contribution >= 4 is 121 Å². The van der Waals surface area contributed by atoms with E-state index >= 15 is 0 Å². The van der Waals surface area contributed by atoms with E-state index in [9.17, 15) is 40.9 Å². The minimum absolute atomic E-state index is 0.423. The Kier molecular flexibility index (Phi) is 38.8.